The van der Waals surface area contributed by atoms with Gasteiger partial charge in [0.2, 0.25) is 0 Å². The van der Waals surface area contributed by atoms with Crippen molar-refractivity contribution in [2.45, 2.75) is 25.6 Å². The number of rotatable bonds is 4. The molecule has 0 aliphatic heterocycles. The SMILES string of the molecule is CC(Cc1ccco1)Nc1cc(C(F)(F)F)ccc1F. The zero-order valence-corrected chi connectivity index (χ0v) is 10.7. The third-order valence-corrected chi connectivity index (χ3v) is 2.78. The maximum Gasteiger partial charge on any atom is 0.416 e. The number of alkyl halides is 3. The van der Waals surface area contributed by atoms with E-state index in [2.05, 4.69) is 5.32 Å². The number of hydrogen-bond acceptors (Lipinski definition) is 2. The van der Waals surface area contributed by atoms with Crippen molar-refractivity contribution in [3.8, 4) is 0 Å². The third kappa shape index (κ3) is 3.53. The minimum atomic E-state index is -4.49. The van der Waals surface area contributed by atoms with Gasteiger partial charge in [-0.2, -0.15) is 13.2 Å². The summed E-state index contributed by atoms with van der Waals surface area (Å²) in [7, 11) is 0. The van der Waals surface area contributed by atoms with Crippen LogP contribution in [0.15, 0.2) is 41.0 Å². The predicted molar refractivity (Wildman–Crippen MR) is 66.9 cm³/mol. The summed E-state index contributed by atoms with van der Waals surface area (Å²) in [5, 5.41) is 2.73. The second-order valence-corrected chi connectivity index (χ2v) is 4.52. The molecule has 1 atom stereocenters. The Labute approximate surface area is 113 Å². The van der Waals surface area contributed by atoms with E-state index in [0.717, 1.165) is 18.2 Å². The van der Waals surface area contributed by atoms with Gasteiger partial charge in [-0.25, -0.2) is 4.39 Å². The third-order valence-electron chi connectivity index (χ3n) is 2.78. The first-order chi connectivity index (χ1) is 9.36. The molecule has 1 aromatic heterocycles. The highest BCUT2D eigenvalue weighted by molar-refractivity contribution is 5.48. The summed E-state index contributed by atoms with van der Waals surface area (Å²) >= 11 is 0. The molecule has 1 N–H and O–H groups in total. The fourth-order valence-corrected chi connectivity index (χ4v) is 1.86. The molecule has 1 aromatic carbocycles. The highest BCUT2D eigenvalue weighted by atomic mass is 19.4. The summed E-state index contributed by atoms with van der Waals surface area (Å²) in [6.45, 7) is 1.74. The number of halogens is 4. The topological polar surface area (TPSA) is 25.2 Å². The van der Waals surface area contributed by atoms with Gasteiger partial charge in [0.25, 0.3) is 0 Å². The van der Waals surface area contributed by atoms with Gasteiger partial charge in [0.15, 0.2) is 0 Å². The average molecular weight is 287 g/mol. The van der Waals surface area contributed by atoms with Gasteiger partial charge in [0.05, 0.1) is 17.5 Å². The highest BCUT2D eigenvalue weighted by Crippen LogP contribution is 2.32. The summed E-state index contributed by atoms with van der Waals surface area (Å²) in [4.78, 5) is 0. The van der Waals surface area contributed by atoms with Gasteiger partial charge in [-0.3, -0.25) is 0 Å². The van der Waals surface area contributed by atoms with Crippen molar-refractivity contribution in [1.82, 2.24) is 0 Å². The van der Waals surface area contributed by atoms with Crippen LogP contribution in [0.3, 0.4) is 0 Å². The minimum absolute atomic E-state index is 0.168. The molecule has 108 valence electrons. The quantitative estimate of drug-likeness (QED) is 0.839. The van der Waals surface area contributed by atoms with E-state index in [9.17, 15) is 17.6 Å². The lowest BCUT2D eigenvalue weighted by Crippen LogP contribution is -2.19. The molecule has 0 aliphatic carbocycles. The first-order valence-electron chi connectivity index (χ1n) is 6.02. The lowest BCUT2D eigenvalue weighted by molar-refractivity contribution is -0.137. The Morgan fingerprint density at radius 3 is 2.60 bits per heavy atom. The zero-order chi connectivity index (χ0) is 14.8. The van der Waals surface area contributed by atoms with Crippen LogP contribution in [0.2, 0.25) is 0 Å². The molecule has 0 saturated carbocycles. The van der Waals surface area contributed by atoms with Crippen molar-refractivity contribution in [2.24, 2.45) is 0 Å². The van der Waals surface area contributed by atoms with Crippen molar-refractivity contribution < 1.29 is 22.0 Å². The molecule has 1 unspecified atom stereocenters. The molecule has 1 heterocycles. The Morgan fingerprint density at radius 2 is 2.00 bits per heavy atom. The zero-order valence-electron chi connectivity index (χ0n) is 10.7. The van der Waals surface area contributed by atoms with Crippen LogP contribution in [0.1, 0.15) is 18.2 Å². The number of nitrogens with one attached hydrogen (secondary N) is 1. The van der Waals surface area contributed by atoms with E-state index < -0.39 is 17.6 Å². The van der Waals surface area contributed by atoms with E-state index >= 15 is 0 Å². The van der Waals surface area contributed by atoms with Gasteiger partial charge in [0.1, 0.15) is 11.6 Å². The predicted octanol–water partition coefficient (Wildman–Crippen LogP) is 4.48. The summed E-state index contributed by atoms with van der Waals surface area (Å²) in [5.41, 5.74) is -1.05. The fraction of sp³-hybridized carbons (Fsp3) is 0.286. The van der Waals surface area contributed by atoms with Crippen LogP contribution >= 0.6 is 0 Å². The first-order valence-corrected chi connectivity index (χ1v) is 6.02. The van der Waals surface area contributed by atoms with Crippen molar-refractivity contribution in [1.29, 1.82) is 0 Å². The summed E-state index contributed by atoms with van der Waals surface area (Å²) in [6, 6.07) is 5.50. The number of furan rings is 1. The molecule has 0 fully saturated rings. The lowest BCUT2D eigenvalue weighted by Gasteiger charge is -2.16. The van der Waals surface area contributed by atoms with Crippen LogP contribution in [-0.4, -0.2) is 6.04 Å². The number of hydrogen-bond donors (Lipinski definition) is 1. The fourth-order valence-electron chi connectivity index (χ4n) is 1.86. The summed E-state index contributed by atoms with van der Waals surface area (Å²) < 4.78 is 56.4. The van der Waals surface area contributed by atoms with Gasteiger partial charge in [-0.15, -0.1) is 0 Å². The molecule has 2 nitrogen and oxygen atoms in total. The van der Waals surface area contributed by atoms with Crippen LogP contribution < -0.4 is 5.32 Å². The molecular formula is C14H13F4NO. The molecule has 2 aromatic rings. The van der Waals surface area contributed by atoms with E-state index in [-0.39, 0.29) is 11.7 Å². The van der Waals surface area contributed by atoms with Gasteiger partial charge in [-0.1, -0.05) is 0 Å². The van der Waals surface area contributed by atoms with Crippen molar-refractivity contribution in [2.75, 3.05) is 5.32 Å². The monoisotopic (exact) mass is 287 g/mol. The number of anilines is 1. The molecule has 0 aliphatic rings. The van der Waals surface area contributed by atoms with E-state index in [1.54, 1.807) is 19.1 Å². The molecule has 2 rings (SSSR count). The molecule has 0 bridgehead atoms. The van der Waals surface area contributed by atoms with Crippen LogP contribution in [0.4, 0.5) is 23.2 Å². The van der Waals surface area contributed by atoms with E-state index in [1.165, 1.54) is 6.26 Å². The van der Waals surface area contributed by atoms with Crippen molar-refractivity contribution in [3.05, 3.63) is 53.7 Å². The van der Waals surface area contributed by atoms with E-state index in [4.69, 9.17) is 4.42 Å². The van der Waals surface area contributed by atoms with Crippen LogP contribution in [0, 0.1) is 5.82 Å². The van der Waals surface area contributed by atoms with Gasteiger partial charge in [0, 0.05) is 12.5 Å². The van der Waals surface area contributed by atoms with E-state index in [1.807, 2.05) is 0 Å². The Kier molecular flexibility index (Phi) is 4.01. The van der Waals surface area contributed by atoms with Crippen LogP contribution in [0.5, 0.6) is 0 Å². The molecule has 6 heteroatoms. The minimum Gasteiger partial charge on any atom is -0.469 e. The Hall–Kier alpha value is -1.98. The lowest BCUT2D eigenvalue weighted by atomic mass is 10.1. The van der Waals surface area contributed by atoms with Gasteiger partial charge < -0.3 is 9.73 Å². The molecular weight excluding hydrogens is 274 g/mol. The molecule has 0 amide bonds. The standard InChI is InChI=1S/C14H13F4NO/c1-9(7-11-3-2-6-20-11)19-13-8-10(14(16,17)18)4-5-12(13)15/h2-6,8-9,19H,7H2,1H3. The summed E-state index contributed by atoms with van der Waals surface area (Å²) in [5.74, 6) is -0.0401. The second kappa shape index (κ2) is 5.56. The van der Waals surface area contributed by atoms with Crippen molar-refractivity contribution >= 4 is 5.69 Å². The summed E-state index contributed by atoms with van der Waals surface area (Å²) in [6.07, 6.45) is -2.54. The highest BCUT2D eigenvalue weighted by Gasteiger charge is 2.31. The average Bonchev–Trinajstić information content (AvgIpc) is 2.83. The molecule has 0 radical (unpaired) electrons. The smallest absolute Gasteiger partial charge is 0.416 e. The maximum absolute atomic E-state index is 13.5. The van der Waals surface area contributed by atoms with Crippen LogP contribution in [-0.2, 0) is 12.6 Å². The van der Waals surface area contributed by atoms with E-state index in [0.29, 0.717) is 12.2 Å². The Morgan fingerprint density at radius 1 is 1.25 bits per heavy atom. The number of benzene rings is 1. The second-order valence-electron chi connectivity index (χ2n) is 4.52. The Balaban J connectivity index is 2.12. The maximum atomic E-state index is 13.5. The largest absolute Gasteiger partial charge is 0.469 e. The van der Waals surface area contributed by atoms with Gasteiger partial charge >= 0.3 is 6.18 Å². The Bertz CT molecular complexity index is 563. The first kappa shape index (κ1) is 14.4. The molecule has 0 saturated heterocycles. The van der Waals surface area contributed by atoms with Gasteiger partial charge in [-0.05, 0) is 37.3 Å². The van der Waals surface area contributed by atoms with Crippen LogP contribution in [0.25, 0.3) is 0 Å². The molecule has 0 spiro atoms. The molecule has 20 heavy (non-hydrogen) atoms. The normalized spacial score (nSPS) is 13.2. The van der Waals surface area contributed by atoms with Crippen molar-refractivity contribution in [3.63, 3.8) is 0 Å².